The fourth-order valence-electron chi connectivity index (χ4n) is 8.27. The first-order valence-corrected chi connectivity index (χ1v) is 16.8. The molecule has 0 nitrogen and oxygen atoms in total. The number of benzene rings is 8. The van der Waals surface area contributed by atoms with Crippen molar-refractivity contribution in [1.82, 2.24) is 0 Å². The second kappa shape index (κ2) is 9.81. The Bertz CT molecular complexity index is 2510. The van der Waals surface area contributed by atoms with Crippen molar-refractivity contribution < 1.29 is 0 Å². The van der Waals surface area contributed by atoms with Crippen molar-refractivity contribution in [2.45, 2.75) is 15.2 Å². The highest BCUT2D eigenvalue weighted by atomic mass is 32.2. The van der Waals surface area contributed by atoms with E-state index in [4.69, 9.17) is 0 Å². The standard InChI is InChI=1S/C45H28S/c1-2-16-32(17-3-1)45(39-22-10-7-19-34(39)37-27-30-13-4-5-14-31(30)28-40(37)45)38-21-9-6-18-33(38)35-26-25-29-15-12-24-42-43(29)44(35)36-20-8-11-23-41(36)46-42/h1-28H. The van der Waals surface area contributed by atoms with Gasteiger partial charge in [-0.3, -0.25) is 0 Å². The molecular formula is C45H28S. The van der Waals surface area contributed by atoms with Gasteiger partial charge in [-0.1, -0.05) is 157 Å². The third-order valence-electron chi connectivity index (χ3n) is 10.1. The highest BCUT2D eigenvalue weighted by molar-refractivity contribution is 7.99. The maximum atomic E-state index is 2.46. The molecule has 0 N–H and O–H groups in total. The molecule has 0 radical (unpaired) electrons. The molecule has 0 spiro atoms. The second-order valence-electron chi connectivity index (χ2n) is 12.4. The molecule has 1 heteroatoms. The van der Waals surface area contributed by atoms with Gasteiger partial charge in [0.15, 0.2) is 0 Å². The van der Waals surface area contributed by atoms with E-state index in [2.05, 4.69) is 170 Å². The van der Waals surface area contributed by atoms with Crippen LogP contribution in [0.3, 0.4) is 0 Å². The van der Waals surface area contributed by atoms with Crippen molar-refractivity contribution in [1.29, 1.82) is 0 Å². The third kappa shape index (κ3) is 3.47. The van der Waals surface area contributed by atoms with Crippen LogP contribution in [0.15, 0.2) is 180 Å². The summed E-state index contributed by atoms with van der Waals surface area (Å²) < 4.78 is 0. The Morgan fingerprint density at radius 1 is 0.348 bits per heavy atom. The molecule has 0 aromatic heterocycles. The maximum Gasteiger partial charge on any atom is 0.0719 e. The molecule has 2 aliphatic rings. The van der Waals surface area contributed by atoms with Crippen molar-refractivity contribution in [3.8, 4) is 33.4 Å². The Morgan fingerprint density at radius 2 is 0.935 bits per heavy atom. The quantitative estimate of drug-likeness (QED) is 0.194. The molecule has 0 saturated carbocycles. The lowest BCUT2D eigenvalue weighted by Gasteiger charge is -2.36. The van der Waals surface area contributed by atoms with Gasteiger partial charge in [-0.25, -0.2) is 0 Å². The summed E-state index contributed by atoms with van der Waals surface area (Å²) in [6.45, 7) is 0. The lowest BCUT2D eigenvalue weighted by molar-refractivity contribution is 0.772. The predicted molar refractivity (Wildman–Crippen MR) is 194 cm³/mol. The fourth-order valence-corrected chi connectivity index (χ4v) is 9.40. The third-order valence-corrected chi connectivity index (χ3v) is 11.3. The normalized spacial score (nSPS) is 15.8. The van der Waals surface area contributed by atoms with Crippen LogP contribution in [0.5, 0.6) is 0 Å². The van der Waals surface area contributed by atoms with Gasteiger partial charge in [-0.15, -0.1) is 0 Å². The zero-order valence-electron chi connectivity index (χ0n) is 25.1. The van der Waals surface area contributed by atoms with E-state index < -0.39 is 5.41 Å². The number of hydrogen-bond donors (Lipinski definition) is 0. The van der Waals surface area contributed by atoms with Crippen molar-refractivity contribution in [3.05, 3.63) is 192 Å². The molecule has 1 aliphatic carbocycles. The van der Waals surface area contributed by atoms with Gasteiger partial charge in [0.25, 0.3) is 0 Å². The Kier molecular flexibility index (Phi) is 5.53. The van der Waals surface area contributed by atoms with Crippen LogP contribution in [0.4, 0.5) is 0 Å². The zero-order valence-corrected chi connectivity index (χ0v) is 25.9. The van der Waals surface area contributed by atoms with E-state index in [-0.39, 0.29) is 0 Å². The van der Waals surface area contributed by atoms with Gasteiger partial charge in [0.05, 0.1) is 5.41 Å². The molecule has 10 rings (SSSR count). The van der Waals surface area contributed by atoms with Crippen molar-refractivity contribution in [3.63, 3.8) is 0 Å². The Morgan fingerprint density at radius 3 is 1.72 bits per heavy atom. The first kappa shape index (κ1) is 25.9. The van der Waals surface area contributed by atoms with E-state index in [9.17, 15) is 0 Å². The summed E-state index contributed by atoms with van der Waals surface area (Å²) in [5, 5.41) is 5.18. The summed E-state index contributed by atoms with van der Waals surface area (Å²) in [6.07, 6.45) is 0. The minimum Gasteiger partial charge on any atom is -0.0888 e. The maximum absolute atomic E-state index is 2.46. The fraction of sp³-hybridized carbons (Fsp3) is 0.0222. The zero-order chi connectivity index (χ0) is 30.2. The molecule has 0 saturated heterocycles. The molecule has 0 bridgehead atoms. The van der Waals surface area contributed by atoms with E-state index in [1.807, 2.05) is 11.8 Å². The van der Waals surface area contributed by atoms with Gasteiger partial charge in [0.2, 0.25) is 0 Å². The summed E-state index contributed by atoms with van der Waals surface area (Å²) in [5.74, 6) is 0. The summed E-state index contributed by atoms with van der Waals surface area (Å²) in [6, 6.07) is 63.4. The molecule has 0 amide bonds. The van der Waals surface area contributed by atoms with Gasteiger partial charge in [0, 0.05) is 15.2 Å². The molecule has 214 valence electrons. The van der Waals surface area contributed by atoms with Crippen LogP contribution in [0.2, 0.25) is 0 Å². The van der Waals surface area contributed by atoms with Gasteiger partial charge in [0.1, 0.15) is 0 Å². The Labute approximate surface area is 273 Å². The summed E-state index contributed by atoms with van der Waals surface area (Å²) in [5.41, 5.74) is 12.6. The van der Waals surface area contributed by atoms with E-state index in [1.165, 1.54) is 87.0 Å². The van der Waals surface area contributed by atoms with Crippen molar-refractivity contribution >= 4 is 33.3 Å². The highest BCUT2D eigenvalue weighted by Crippen LogP contribution is 2.59. The summed E-state index contributed by atoms with van der Waals surface area (Å²) >= 11 is 1.89. The molecule has 8 aromatic rings. The largest absolute Gasteiger partial charge is 0.0888 e. The molecule has 1 unspecified atom stereocenters. The van der Waals surface area contributed by atoms with Crippen LogP contribution in [-0.4, -0.2) is 0 Å². The van der Waals surface area contributed by atoms with Gasteiger partial charge >= 0.3 is 0 Å². The average molecular weight is 601 g/mol. The Hall–Kier alpha value is -5.37. The van der Waals surface area contributed by atoms with Crippen LogP contribution in [0.1, 0.15) is 22.3 Å². The highest BCUT2D eigenvalue weighted by Gasteiger charge is 2.47. The first-order valence-electron chi connectivity index (χ1n) is 15.9. The second-order valence-corrected chi connectivity index (χ2v) is 13.5. The van der Waals surface area contributed by atoms with Crippen LogP contribution in [-0.2, 0) is 5.41 Å². The molecule has 1 atom stereocenters. The van der Waals surface area contributed by atoms with E-state index >= 15 is 0 Å². The Balaban J connectivity index is 1.37. The topological polar surface area (TPSA) is 0 Å². The molecular weight excluding hydrogens is 573 g/mol. The number of fused-ring (bicyclic) bond motifs is 6. The minimum absolute atomic E-state index is 0.502. The van der Waals surface area contributed by atoms with E-state index in [0.717, 1.165) is 0 Å². The molecule has 1 heterocycles. The van der Waals surface area contributed by atoms with Crippen LogP contribution < -0.4 is 0 Å². The minimum atomic E-state index is -0.502. The predicted octanol–water partition coefficient (Wildman–Crippen LogP) is 12.2. The van der Waals surface area contributed by atoms with Gasteiger partial charge < -0.3 is 0 Å². The summed E-state index contributed by atoms with van der Waals surface area (Å²) in [7, 11) is 0. The number of hydrogen-bond acceptors (Lipinski definition) is 1. The van der Waals surface area contributed by atoms with Crippen molar-refractivity contribution in [2.24, 2.45) is 0 Å². The molecule has 0 fully saturated rings. The van der Waals surface area contributed by atoms with Gasteiger partial charge in [-0.05, 0) is 96.1 Å². The lowest BCUT2D eigenvalue weighted by Crippen LogP contribution is -2.29. The summed E-state index contributed by atoms with van der Waals surface area (Å²) in [4.78, 5) is 2.64. The lowest BCUT2D eigenvalue weighted by atomic mass is 9.65. The van der Waals surface area contributed by atoms with Crippen LogP contribution >= 0.6 is 11.8 Å². The monoisotopic (exact) mass is 600 g/mol. The van der Waals surface area contributed by atoms with E-state index in [1.54, 1.807) is 0 Å². The first-order chi connectivity index (χ1) is 22.8. The van der Waals surface area contributed by atoms with E-state index in [0.29, 0.717) is 0 Å². The SMILES string of the molecule is c1ccc(C2(c3ccccc3-c3ccc4cccc5c4c3-c3ccccc3S5)c3ccccc3-c3cc4ccccc4cc32)cc1. The van der Waals surface area contributed by atoms with Crippen molar-refractivity contribution in [2.75, 3.05) is 0 Å². The average Bonchev–Trinajstić information content (AvgIpc) is 3.41. The van der Waals surface area contributed by atoms with Gasteiger partial charge in [-0.2, -0.15) is 0 Å². The smallest absolute Gasteiger partial charge is 0.0719 e. The molecule has 46 heavy (non-hydrogen) atoms. The van der Waals surface area contributed by atoms with Crippen LogP contribution in [0, 0.1) is 0 Å². The molecule has 8 aromatic carbocycles. The molecule has 1 aliphatic heterocycles. The van der Waals surface area contributed by atoms with Crippen LogP contribution in [0.25, 0.3) is 54.9 Å². The number of rotatable bonds is 3.